The van der Waals surface area contributed by atoms with Gasteiger partial charge in [-0.1, -0.05) is 12.1 Å². The second-order valence-corrected chi connectivity index (χ2v) is 6.78. The minimum atomic E-state index is 0.0191. The number of methoxy groups -OCH3 is 1. The topological polar surface area (TPSA) is 61.3 Å². The van der Waals surface area contributed by atoms with Gasteiger partial charge in [-0.3, -0.25) is 4.79 Å². The van der Waals surface area contributed by atoms with Crippen LogP contribution in [0.5, 0.6) is 17.4 Å². The van der Waals surface area contributed by atoms with Crippen molar-refractivity contribution in [1.82, 2.24) is 9.97 Å². The molecule has 0 saturated heterocycles. The first-order valence-corrected chi connectivity index (χ1v) is 9.19. The average molecular weight is 376 g/mol. The van der Waals surface area contributed by atoms with Gasteiger partial charge in [0.25, 0.3) is 0 Å². The predicted octanol–water partition coefficient (Wildman–Crippen LogP) is 5.36. The lowest BCUT2D eigenvalue weighted by Gasteiger charge is -2.08. The van der Waals surface area contributed by atoms with Gasteiger partial charge in [0.2, 0.25) is 5.88 Å². The minimum Gasteiger partial charge on any atom is -0.497 e. The molecule has 0 atom stereocenters. The molecule has 0 fully saturated rings. The van der Waals surface area contributed by atoms with E-state index in [1.807, 2.05) is 29.6 Å². The second kappa shape index (κ2) is 7.17. The van der Waals surface area contributed by atoms with Crippen molar-refractivity contribution in [1.29, 1.82) is 0 Å². The first-order chi connectivity index (χ1) is 13.2. The quantitative estimate of drug-likeness (QED) is 0.439. The fourth-order valence-electron chi connectivity index (χ4n) is 2.78. The Labute approximate surface area is 160 Å². The van der Waals surface area contributed by atoms with Gasteiger partial charge in [-0.2, -0.15) is 0 Å². The van der Waals surface area contributed by atoms with Gasteiger partial charge in [-0.15, -0.1) is 11.3 Å². The molecule has 2 aromatic carbocycles. The Morgan fingerprint density at radius 1 is 0.963 bits per heavy atom. The van der Waals surface area contributed by atoms with E-state index in [9.17, 15) is 4.79 Å². The van der Waals surface area contributed by atoms with E-state index < -0.39 is 0 Å². The molecule has 0 aliphatic heterocycles. The van der Waals surface area contributed by atoms with Gasteiger partial charge < -0.3 is 9.47 Å². The third kappa shape index (κ3) is 3.39. The number of thiophene rings is 1. The fraction of sp³-hybridized carbons (Fsp3) is 0.0952. The van der Waals surface area contributed by atoms with Crippen LogP contribution in [0.2, 0.25) is 0 Å². The molecule has 0 N–H and O–H groups in total. The maximum atomic E-state index is 11.4. The fourth-order valence-corrected chi connectivity index (χ4v) is 3.68. The molecule has 2 heterocycles. The van der Waals surface area contributed by atoms with Gasteiger partial charge in [-0.25, -0.2) is 9.97 Å². The maximum absolute atomic E-state index is 11.4. The van der Waals surface area contributed by atoms with Crippen LogP contribution in [-0.4, -0.2) is 22.9 Å². The van der Waals surface area contributed by atoms with Crippen LogP contribution in [0.1, 0.15) is 17.3 Å². The number of rotatable bonds is 5. The molecule has 5 nitrogen and oxygen atoms in total. The Bertz CT molecular complexity index is 1100. The van der Waals surface area contributed by atoms with Crippen molar-refractivity contribution in [2.45, 2.75) is 6.92 Å². The van der Waals surface area contributed by atoms with Gasteiger partial charge >= 0.3 is 0 Å². The summed E-state index contributed by atoms with van der Waals surface area (Å²) in [5.41, 5.74) is 2.69. The number of carbonyl (C=O) groups is 1. The van der Waals surface area contributed by atoms with Gasteiger partial charge in [0.1, 0.15) is 22.7 Å². The molecule has 0 aliphatic carbocycles. The zero-order chi connectivity index (χ0) is 18.8. The molecular weight excluding hydrogens is 360 g/mol. The van der Waals surface area contributed by atoms with E-state index in [0.29, 0.717) is 17.2 Å². The third-order valence-electron chi connectivity index (χ3n) is 4.21. The van der Waals surface area contributed by atoms with Crippen LogP contribution in [-0.2, 0) is 0 Å². The monoisotopic (exact) mass is 376 g/mol. The lowest BCUT2D eigenvalue weighted by molar-refractivity contribution is 0.101. The zero-order valence-corrected chi connectivity index (χ0v) is 15.6. The molecule has 134 valence electrons. The lowest BCUT2D eigenvalue weighted by atomic mass is 10.1. The highest BCUT2D eigenvalue weighted by atomic mass is 32.1. The number of fused-ring (bicyclic) bond motifs is 1. The molecule has 0 unspecified atom stereocenters. The van der Waals surface area contributed by atoms with Gasteiger partial charge in [0.05, 0.1) is 12.5 Å². The van der Waals surface area contributed by atoms with Gasteiger partial charge in [-0.05, 0) is 48.9 Å². The number of aromatic nitrogens is 2. The molecular formula is C21H16N2O3S. The smallest absolute Gasteiger partial charge is 0.231 e. The molecule has 27 heavy (non-hydrogen) atoms. The van der Waals surface area contributed by atoms with Crippen molar-refractivity contribution in [2.75, 3.05) is 7.11 Å². The number of benzene rings is 2. The summed E-state index contributed by atoms with van der Waals surface area (Å²) >= 11 is 1.54. The van der Waals surface area contributed by atoms with Crippen LogP contribution in [0.3, 0.4) is 0 Å². The van der Waals surface area contributed by atoms with Crippen LogP contribution in [0.25, 0.3) is 21.3 Å². The molecule has 0 radical (unpaired) electrons. The van der Waals surface area contributed by atoms with Crippen molar-refractivity contribution in [3.05, 3.63) is 65.8 Å². The van der Waals surface area contributed by atoms with E-state index in [0.717, 1.165) is 27.1 Å². The summed E-state index contributed by atoms with van der Waals surface area (Å²) in [6, 6.07) is 14.9. The van der Waals surface area contributed by atoms with Crippen LogP contribution in [0.15, 0.2) is 60.2 Å². The number of hydrogen-bond acceptors (Lipinski definition) is 6. The number of Topliss-reactive ketones (excluding diaryl/α,β-unsaturated/α-hetero) is 1. The van der Waals surface area contributed by atoms with E-state index in [2.05, 4.69) is 9.97 Å². The summed E-state index contributed by atoms with van der Waals surface area (Å²) in [6.45, 7) is 1.54. The third-order valence-corrected chi connectivity index (χ3v) is 5.10. The number of ketones is 1. The Kier molecular flexibility index (Phi) is 4.56. The Morgan fingerprint density at radius 3 is 2.33 bits per heavy atom. The largest absolute Gasteiger partial charge is 0.497 e. The van der Waals surface area contributed by atoms with Crippen LogP contribution in [0.4, 0.5) is 0 Å². The predicted molar refractivity (Wildman–Crippen MR) is 106 cm³/mol. The number of ether oxygens (including phenoxy) is 2. The van der Waals surface area contributed by atoms with Gasteiger partial charge in [0, 0.05) is 16.5 Å². The van der Waals surface area contributed by atoms with Crippen molar-refractivity contribution in [2.24, 2.45) is 0 Å². The van der Waals surface area contributed by atoms with Gasteiger partial charge in [0.15, 0.2) is 5.78 Å². The SMILES string of the molecule is COc1ccc(-c2csc3ncnc(Oc4ccc(C(C)=O)cc4)c23)cc1. The molecule has 6 heteroatoms. The van der Waals surface area contributed by atoms with Crippen LogP contribution in [0, 0.1) is 0 Å². The summed E-state index contributed by atoms with van der Waals surface area (Å²) in [6.07, 6.45) is 1.50. The molecule has 0 spiro atoms. The Morgan fingerprint density at radius 2 is 1.67 bits per heavy atom. The molecule has 0 bridgehead atoms. The second-order valence-electron chi connectivity index (χ2n) is 5.92. The van der Waals surface area contributed by atoms with Crippen molar-refractivity contribution < 1.29 is 14.3 Å². The standard InChI is InChI=1S/C21H16N2O3S/c1-13(24)14-3-9-17(10-4-14)26-20-19-18(11-27-21(19)23-12-22-20)15-5-7-16(25-2)8-6-15/h3-12H,1-2H3. The Balaban J connectivity index is 1.74. The normalized spacial score (nSPS) is 10.7. The first-order valence-electron chi connectivity index (χ1n) is 8.31. The van der Waals surface area contributed by atoms with Crippen LogP contribution >= 0.6 is 11.3 Å². The van der Waals surface area contributed by atoms with E-state index in [1.165, 1.54) is 13.3 Å². The molecule has 4 aromatic rings. The van der Waals surface area contributed by atoms with Crippen molar-refractivity contribution >= 4 is 27.3 Å². The number of hydrogen-bond donors (Lipinski definition) is 0. The molecule has 0 saturated carbocycles. The summed E-state index contributed by atoms with van der Waals surface area (Å²) < 4.78 is 11.2. The lowest BCUT2D eigenvalue weighted by Crippen LogP contribution is -1.93. The zero-order valence-electron chi connectivity index (χ0n) is 14.8. The summed E-state index contributed by atoms with van der Waals surface area (Å²) in [7, 11) is 1.65. The highest BCUT2D eigenvalue weighted by Crippen LogP contribution is 2.39. The van der Waals surface area contributed by atoms with Crippen LogP contribution < -0.4 is 9.47 Å². The number of nitrogens with zero attached hydrogens (tertiary/aromatic N) is 2. The van der Waals surface area contributed by atoms with E-state index in [1.54, 1.807) is 42.7 Å². The molecule has 2 aromatic heterocycles. The van der Waals surface area contributed by atoms with E-state index >= 15 is 0 Å². The summed E-state index contributed by atoms with van der Waals surface area (Å²) in [5, 5.41) is 2.91. The minimum absolute atomic E-state index is 0.0191. The summed E-state index contributed by atoms with van der Waals surface area (Å²) in [5.74, 6) is 1.93. The van der Waals surface area contributed by atoms with Crippen molar-refractivity contribution in [3.63, 3.8) is 0 Å². The van der Waals surface area contributed by atoms with Crippen molar-refractivity contribution in [3.8, 4) is 28.5 Å². The molecule has 0 aliphatic rings. The Hall–Kier alpha value is -3.25. The highest BCUT2D eigenvalue weighted by molar-refractivity contribution is 7.17. The van der Waals surface area contributed by atoms with E-state index in [4.69, 9.17) is 9.47 Å². The number of carbonyl (C=O) groups excluding carboxylic acids is 1. The van der Waals surface area contributed by atoms with E-state index in [-0.39, 0.29) is 5.78 Å². The highest BCUT2D eigenvalue weighted by Gasteiger charge is 2.15. The average Bonchev–Trinajstić information content (AvgIpc) is 3.14. The molecule has 0 amide bonds. The first kappa shape index (κ1) is 17.2. The maximum Gasteiger partial charge on any atom is 0.231 e. The summed E-state index contributed by atoms with van der Waals surface area (Å²) in [4.78, 5) is 21.0. The molecule has 4 rings (SSSR count).